The summed E-state index contributed by atoms with van der Waals surface area (Å²) in [4.78, 5) is 40.3. The highest BCUT2D eigenvalue weighted by molar-refractivity contribution is 6.30. The van der Waals surface area contributed by atoms with Crippen LogP contribution < -0.4 is 16.0 Å². The quantitative estimate of drug-likeness (QED) is 0.510. The van der Waals surface area contributed by atoms with Crippen molar-refractivity contribution < 1.29 is 23.2 Å². The highest BCUT2D eigenvalue weighted by Crippen LogP contribution is 2.49. The molecule has 3 amide bonds. The van der Waals surface area contributed by atoms with Crippen LogP contribution in [0.25, 0.3) is 0 Å². The molecule has 1 saturated carbocycles. The molecule has 4 aliphatic rings. The first-order valence-corrected chi connectivity index (χ1v) is 12.7. The highest BCUT2D eigenvalue weighted by atomic mass is 35.5. The van der Waals surface area contributed by atoms with E-state index in [1.807, 2.05) is 6.07 Å². The first-order chi connectivity index (χ1) is 17.1. The Morgan fingerprint density at radius 2 is 2.11 bits per heavy atom. The molecule has 5 rings (SSSR count). The number of nitrogens with zero attached hydrogens (tertiary/aromatic N) is 2. The van der Waals surface area contributed by atoms with Crippen molar-refractivity contribution in [1.82, 2.24) is 15.5 Å². The molecule has 1 aliphatic carbocycles. The molecule has 0 radical (unpaired) electrons. The number of carbonyl (C=O) groups excluding carboxylic acids is 3. The van der Waals surface area contributed by atoms with E-state index in [1.54, 1.807) is 31.2 Å². The van der Waals surface area contributed by atoms with Crippen molar-refractivity contribution in [2.24, 2.45) is 11.8 Å². The fourth-order valence-corrected chi connectivity index (χ4v) is 5.87. The third-order valence-corrected chi connectivity index (χ3v) is 7.66. The summed E-state index contributed by atoms with van der Waals surface area (Å²) in [5, 5.41) is 18.4. The monoisotopic (exact) mass is 521 g/mol. The number of hydrogen-bond donors (Lipinski definition) is 3. The van der Waals surface area contributed by atoms with Gasteiger partial charge >= 0.3 is 0 Å². The minimum Gasteiger partial charge on any atom is -0.374 e. The van der Waals surface area contributed by atoms with E-state index in [-0.39, 0.29) is 18.7 Å². The molecule has 194 valence electrons. The predicted molar refractivity (Wildman–Crippen MR) is 129 cm³/mol. The van der Waals surface area contributed by atoms with E-state index in [1.165, 1.54) is 4.90 Å². The van der Waals surface area contributed by atoms with E-state index < -0.39 is 60.2 Å². The van der Waals surface area contributed by atoms with Gasteiger partial charge in [0.25, 0.3) is 5.92 Å². The summed E-state index contributed by atoms with van der Waals surface area (Å²) in [6.07, 6.45) is 1.43. The van der Waals surface area contributed by atoms with Gasteiger partial charge in [-0.2, -0.15) is 5.26 Å². The van der Waals surface area contributed by atoms with E-state index in [4.69, 9.17) is 11.6 Å². The molecular formula is C25H30ClF2N5O3. The Morgan fingerprint density at radius 3 is 2.78 bits per heavy atom. The van der Waals surface area contributed by atoms with Crippen LogP contribution in [-0.4, -0.2) is 59.3 Å². The SMILES string of the molecule is C[C@H](Nc1cccc(Cl)c1)C(=O)N1[C@H]2CC[C@@H]([C@H]1C(=O)N[C@H](C#N)C[C@@H]1CCCNC1=O)C(F)(F)C2. The molecule has 36 heavy (non-hydrogen) atoms. The maximum atomic E-state index is 14.9. The van der Waals surface area contributed by atoms with Gasteiger partial charge in [-0.1, -0.05) is 17.7 Å². The van der Waals surface area contributed by atoms with Crippen molar-refractivity contribution in [1.29, 1.82) is 5.26 Å². The van der Waals surface area contributed by atoms with Crippen molar-refractivity contribution in [2.45, 2.75) is 75.5 Å². The Bertz CT molecular complexity index is 1060. The Morgan fingerprint density at radius 1 is 1.33 bits per heavy atom. The standard InChI is InChI=1S/C25H30ClF2N5O3/c1-14(31-17-6-2-5-16(26)11-17)24(36)33-19-7-8-20(25(27,28)12-19)21(33)23(35)32-18(13-29)10-15-4-3-9-30-22(15)34/h2,5-6,11,14-15,18-21,31H,3-4,7-10,12H2,1H3,(H,30,34)(H,32,35)/t14-,15-,18-,19-,20-,21-/m0/s1. The number of hydrogen-bond acceptors (Lipinski definition) is 5. The number of nitrogens with one attached hydrogen (secondary N) is 3. The number of anilines is 1. The van der Waals surface area contributed by atoms with Gasteiger partial charge in [-0.25, -0.2) is 8.78 Å². The van der Waals surface area contributed by atoms with Crippen LogP contribution in [0.4, 0.5) is 14.5 Å². The first-order valence-electron chi connectivity index (χ1n) is 12.3. The van der Waals surface area contributed by atoms with E-state index in [2.05, 4.69) is 16.0 Å². The van der Waals surface area contributed by atoms with Gasteiger partial charge in [-0.05, 0) is 57.2 Å². The first kappa shape index (κ1) is 26.1. The average Bonchev–Trinajstić information content (AvgIpc) is 2.83. The van der Waals surface area contributed by atoms with Gasteiger partial charge < -0.3 is 20.9 Å². The van der Waals surface area contributed by atoms with Crippen molar-refractivity contribution in [3.63, 3.8) is 0 Å². The molecule has 3 saturated heterocycles. The summed E-state index contributed by atoms with van der Waals surface area (Å²) in [5.74, 6) is -6.32. The molecule has 1 aromatic rings. The van der Waals surface area contributed by atoms with Crippen LogP contribution >= 0.6 is 11.6 Å². The molecule has 1 aromatic carbocycles. The zero-order valence-corrected chi connectivity index (χ0v) is 20.7. The third-order valence-electron chi connectivity index (χ3n) is 7.43. The number of alkyl halides is 2. The van der Waals surface area contributed by atoms with Crippen molar-refractivity contribution >= 4 is 35.0 Å². The number of amides is 3. The summed E-state index contributed by atoms with van der Waals surface area (Å²) in [6.45, 7) is 2.18. The van der Waals surface area contributed by atoms with Gasteiger partial charge in [-0.15, -0.1) is 0 Å². The van der Waals surface area contributed by atoms with E-state index in [0.29, 0.717) is 30.1 Å². The summed E-state index contributed by atoms with van der Waals surface area (Å²) in [6, 6.07) is 4.74. The summed E-state index contributed by atoms with van der Waals surface area (Å²) >= 11 is 6.02. The zero-order valence-electron chi connectivity index (χ0n) is 20.0. The zero-order chi connectivity index (χ0) is 26.0. The molecule has 3 heterocycles. The Labute approximate surface area is 213 Å². The Kier molecular flexibility index (Phi) is 7.69. The molecular weight excluding hydrogens is 492 g/mol. The number of halogens is 3. The summed E-state index contributed by atoms with van der Waals surface area (Å²) in [7, 11) is 0. The van der Waals surface area contributed by atoms with Crippen LogP contribution in [0, 0.1) is 23.2 Å². The number of piperidine rings is 3. The predicted octanol–water partition coefficient (Wildman–Crippen LogP) is 3.08. The lowest BCUT2D eigenvalue weighted by Gasteiger charge is -2.54. The molecule has 0 spiro atoms. The fraction of sp³-hybridized carbons (Fsp3) is 0.600. The van der Waals surface area contributed by atoms with Crippen LogP contribution in [-0.2, 0) is 14.4 Å². The second-order valence-electron chi connectivity index (χ2n) is 9.93. The van der Waals surface area contributed by atoms with Crippen LogP contribution in [0.2, 0.25) is 5.02 Å². The van der Waals surface area contributed by atoms with Crippen LogP contribution in [0.15, 0.2) is 24.3 Å². The topological polar surface area (TPSA) is 114 Å². The van der Waals surface area contributed by atoms with Crippen molar-refractivity contribution in [3.05, 3.63) is 29.3 Å². The lowest BCUT2D eigenvalue weighted by molar-refractivity contribution is -0.194. The van der Waals surface area contributed by atoms with Crippen LogP contribution in [0.3, 0.4) is 0 Å². The van der Waals surface area contributed by atoms with Gasteiger partial charge in [0.1, 0.15) is 18.1 Å². The maximum Gasteiger partial charge on any atom is 0.255 e. The van der Waals surface area contributed by atoms with E-state index in [0.717, 1.165) is 6.42 Å². The van der Waals surface area contributed by atoms with Crippen LogP contribution in [0.5, 0.6) is 0 Å². The van der Waals surface area contributed by atoms with E-state index >= 15 is 0 Å². The molecule has 11 heteroatoms. The molecule has 3 aliphatic heterocycles. The van der Waals surface area contributed by atoms with Crippen molar-refractivity contribution in [2.75, 3.05) is 11.9 Å². The van der Waals surface area contributed by atoms with Crippen molar-refractivity contribution in [3.8, 4) is 6.07 Å². The second kappa shape index (κ2) is 10.6. The molecule has 0 aromatic heterocycles. The Balaban J connectivity index is 1.52. The number of fused-ring (bicyclic) bond motifs is 3. The Hall–Kier alpha value is -2.93. The normalized spacial score (nSPS) is 28.4. The molecule has 0 unspecified atom stereocenters. The molecule has 3 N–H and O–H groups in total. The minimum absolute atomic E-state index is 0.0892. The van der Waals surface area contributed by atoms with Crippen LogP contribution in [0.1, 0.15) is 45.4 Å². The van der Waals surface area contributed by atoms with Gasteiger partial charge in [0.15, 0.2) is 0 Å². The number of rotatable bonds is 7. The number of benzene rings is 1. The lowest BCUT2D eigenvalue weighted by Crippen LogP contribution is -2.70. The maximum absolute atomic E-state index is 14.9. The van der Waals surface area contributed by atoms with Gasteiger partial charge in [-0.3, -0.25) is 14.4 Å². The van der Waals surface area contributed by atoms with Gasteiger partial charge in [0, 0.05) is 35.6 Å². The number of nitriles is 1. The van der Waals surface area contributed by atoms with Gasteiger partial charge in [0.05, 0.1) is 12.0 Å². The second-order valence-corrected chi connectivity index (χ2v) is 10.4. The molecule has 2 bridgehead atoms. The van der Waals surface area contributed by atoms with Gasteiger partial charge in [0.2, 0.25) is 17.7 Å². The third kappa shape index (κ3) is 5.41. The smallest absolute Gasteiger partial charge is 0.255 e. The highest BCUT2D eigenvalue weighted by Gasteiger charge is 2.60. The fourth-order valence-electron chi connectivity index (χ4n) is 5.68. The molecule has 6 atom stereocenters. The molecule has 4 fully saturated rings. The summed E-state index contributed by atoms with van der Waals surface area (Å²) in [5.41, 5.74) is 0.590. The average molecular weight is 522 g/mol. The number of carbonyl (C=O) groups is 3. The van der Waals surface area contributed by atoms with E-state index in [9.17, 15) is 28.4 Å². The minimum atomic E-state index is -3.10. The molecule has 8 nitrogen and oxygen atoms in total. The largest absolute Gasteiger partial charge is 0.374 e. The summed E-state index contributed by atoms with van der Waals surface area (Å²) < 4.78 is 29.8. The lowest BCUT2D eigenvalue weighted by atomic mass is 9.71.